The van der Waals surface area contributed by atoms with Gasteiger partial charge in [-0.3, -0.25) is 4.68 Å². The van der Waals surface area contributed by atoms with Crippen molar-refractivity contribution in [2.45, 2.75) is 26.3 Å². The molecule has 180 valence electrons. The first kappa shape index (κ1) is 22.9. The number of carbonyl (C=O) groups excluding carboxylic acids is 1. The molecule has 1 aromatic heterocycles. The summed E-state index contributed by atoms with van der Waals surface area (Å²) in [6, 6.07) is 22.4. The molecule has 1 saturated heterocycles. The van der Waals surface area contributed by atoms with Gasteiger partial charge in [-0.2, -0.15) is 5.10 Å². The van der Waals surface area contributed by atoms with Crippen molar-refractivity contribution in [3.05, 3.63) is 79.0 Å². The number of piperidine rings is 1. The van der Waals surface area contributed by atoms with E-state index in [2.05, 4.69) is 28.7 Å². The number of nitrogens with zero attached hydrogens (tertiary/aromatic N) is 3. The van der Waals surface area contributed by atoms with Crippen LogP contribution in [0, 0.1) is 5.92 Å². The maximum Gasteiger partial charge on any atom is 0.323 e. The number of ether oxygens (including phenoxy) is 1. The largest absolute Gasteiger partial charge is 0.457 e. The van der Waals surface area contributed by atoms with Gasteiger partial charge in [0.2, 0.25) is 0 Å². The van der Waals surface area contributed by atoms with E-state index in [1.54, 1.807) is 0 Å². The van der Waals surface area contributed by atoms with Crippen LogP contribution in [-0.2, 0) is 6.54 Å². The van der Waals surface area contributed by atoms with Gasteiger partial charge in [0.25, 0.3) is 0 Å². The first-order valence-corrected chi connectivity index (χ1v) is 12.2. The van der Waals surface area contributed by atoms with E-state index < -0.39 is 0 Å². The maximum absolute atomic E-state index is 12.5. The fourth-order valence-electron chi connectivity index (χ4n) is 4.52. The summed E-state index contributed by atoms with van der Waals surface area (Å²) in [5.41, 5.74) is 2.26. The lowest BCUT2D eigenvalue weighted by Crippen LogP contribution is -2.36. The van der Waals surface area contributed by atoms with Crippen molar-refractivity contribution in [2.75, 3.05) is 30.3 Å². The minimum atomic E-state index is -0.306. The second-order valence-corrected chi connectivity index (χ2v) is 9.23. The lowest BCUT2D eigenvalue weighted by atomic mass is 10.0. The normalized spacial score (nSPS) is 16.2. The molecule has 2 heterocycles. The van der Waals surface area contributed by atoms with Crippen molar-refractivity contribution in [1.29, 1.82) is 0 Å². The molecule has 1 atom stereocenters. The van der Waals surface area contributed by atoms with Crippen LogP contribution in [0.2, 0.25) is 0 Å². The number of hydrogen-bond donors (Lipinski definition) is 2. The van der Waals surface area contributed by atoms with Crippen LogP contribution in [0.3, 0.4) is 0 Å². The molecular weight excluding hydrogens is 438 g/mol. The van der Waals surface area contributed by atoms with Crippen molar-refractivity contribution in [3.63, 3.8) is 0 Å². The highest BCUT2D eigenvalue weighted by molar-refractivity contribution is 6.00. The van der Waals surface area contributed by atoms with Crippen molar-refractivity contribution >= 4 is 28.3 Å². The van der Waals surface area contributed by atoms with Crippen LogP contribution in [-0.4, -0.2) is 40.3 Å². The maximum atomic E-state index is 12.5. The van der Waals surface area contributed by atoms with Gasteiger partial charge < -0.3 is 20.3 Å². The van der Waals surface area contributed by atoms with E-state index in [1.807, 2.05) is 77.5 Å². The molecule has 0 spiro atoms. The van der Waals surface area contributed by atoms with Gasteiger partial charge in [0.1, 0.15) is 11.5 Å². The number of benzene rings is 3. The molecule has 4 aromatic rings. The zero-order valence-corrected chi connectivity index (χ0v) is 20.0. The number of fused-ring (bicyclic) bond motifs is 1. The molecule has 0 aliphatic carbocycles. The number of aromatic nitrogens is 2. The lowest BCUT2D eigenvalue weighted by molar-refractivity contribution is 0.176. The number of carbonyl (C=O) groups is 1. The molecular formula is C28H31N5O2. The molecule has 7 heteroatoms. The van der Waals surface area contributed by atoms with Crippen molar-refractivity contribution in [2.24, 2.45) is 5.92 Å². The highest BCUT2D eigenvalue weighted by atomic mass is 16.5. The van der Waals surface area contributed by atoms with Gasteiger partial charge in [-0.25, -0.2) is 4.79 Å². The number of anilines is 2. The van der Waals surface area contributed by atoms with E-state index in [0.717, 1.165) is 35.7 Å². The van der Waals surface area contributed by atoms with Crippen LogP contribution in [0.25, 0.3) is 10.9 Å². The Hall–Kier alpha value is -3.84. The Morgan fingerprint density at radius 1 is 0.971 bits per heavy atom. The molecule has 1 aliphatic heterocycles. The summed E-state index contributed by atoms with van der Waals surface area (Å²) in [7, 11) is 0. The van der Waals surface area contributed by atoms with Crippen molar-refractivity contribution < 1.29 is 9.53 Å². The van der Waals surface area contributed by atoms with Gasteiger partial charge >= 0.3 is 6.03 Å². The summed E-state index contributed by atoms with van der Waals surface area (Å²) < 4.78 is 7.80. The summed E-state index contributed by atoms with van der Waals surface area (Å²) in [6.45, 7) is 6.56. The van der Waals surface area contributed by atoms with Crippen LogP contribution in [0.15, 0.2) is 79.0 Å². The highest BCUT2D eigenvalue weighted by Gasteiger charge is 2.16. The molecule has 3 aromatic carbocycles. The molecule has 5 rings (SSSR count). The second kappa shape index (κ2) is 10.6. The summed E-state index contributed by atoms with van der Waals surface area (Å²) in [6.07, 6.45) is 4.69. The Morgan fingerprint density at radius 3 is 2.51 bits per heavy atom. The standard InChI is InChI=1S/C28H31N5O2/c1-21-6-5-15-32(19-21)16-17-33-20-22-9-10-24(18-27(22)31-33)30-28(34)29-23-11-13-26(14-12-23)35-25-7-3-2-4-8-25/h2-4,7-14,18,20-21H,5-6,15-17,19H2,1H3,(H2,29,30,34). The van der Waals surface area contributed by atoms with Gasteiger partial charge in [0, 0.05) is 36.0 Å². The predicted octanol–water partition coefficient (Wildman–Crippen LogP) is 6.20. The molecule has 7 nitrogen and oxygen atoms in total. The zero-order valence-electron chi connectivity index (χ0n) is 20.0. The summed E-state index contributed by atoms with van der Waals surface area (Å²) >= 11 is 0. The molecule has 2 amide bonds. The minimum Gasteiger partial charge on any atom is -0.457 e. The average Bonchev–Trinajstić information content (AvgIpc) is 3.27. The summed E-state index contributed by atoms with van der Waals surface area (Å²) in [5, 5.41) is 11.5. The number of nitrogens with one attached hydrogen (secondary N) is 2. The monoisotopic (exact) mass is 469 g/mol. The molecule has 35 heavy (non-hydrogen) atoms. The van der Waals surface area contributed by atoms with Gasteiger partial charge in [-0.05, 0) is 79.9 Å². The summed E-state index contributed by atoms with van der Waals surface area (Å²) in [4.78, 5) is 15.0. The molecule has 1 fully saturated rings. The van der Waals surface area contributed by atoms with Gasteiger partial charge in [0.05, 0.1) is 12.1 Å². The SMILES string of the molecule is CC1CCCN(CCn2cc3ccc(NC(=O)Nc4ccc(Oc5ccccc5)cc4)cc3n2)C1. The fourth-order valence-corrected chi connectivity index (χ4v) is 4.52. The van der Waals surface area contributed by atoms with E-state index in [1.165, 1.54) is 25.9 Å². The van der Waals surface area contributed by atoms with Crippen molar-refractivity contribution in [3.8, 4) is 11.5 Å². The molecule has 0 radical (unpaired) electrons. The topological polar surface area (TPSA) is 71.4 Å². The molecule has 1 unspecified atom stereocenters. The number of para-hydroxylation sites is 1. The number of amides is 2. The molecule has 0 saturated carbocycles. The zero-order chi connectivity index (χ0) is 24.0. The molecule has 0 bridgehead atoms. The van der Waals surface area contributed by atoms with Crippen LogP contribution >= 0.6 is 0 Å². The lowest BCUT2D eigenvalue weighted by Gasteiger charge is -2.30. The second-order valence-electron chi connectivity index (χ2n) is 9.23. The number of likely N-dealkylation sites (tertiary alicyclic amines) is 1. The smallest absolute Gasteiger partial charge is 0.323 e. The fraction of sp³-hybridized carbons (Fsp3) is 0.286. The van der Waals surface area contributed by atoms with Gasteiger partial charge in [0.15, 0.2) is 0 Å². The van der Waals surface area contributed by atoms with Gasteiger partial charge in [-0.15, -0.1) is 0 Å². The van der Waals surface area contributed by atoms with E-state index in [4.69, 9.17) is 9.84 Å². The third-order valence-corrected chi connectivity index (χ3v) is 6.29. The van der Waals surface area contributed by atoms with Crippen molar-refractivity contribution in [1.82, 2.24) is 14.7 Å². The highest BCUT2D eigenvalue weighted by Crippen LogP contribution is 2.23. The predicted molar refractivity (Wildman–Crippen MR) is 140 cm³/mol. The first-order chi connectivity index (χ1) is 17.1. The Kier molecular flexibility index (Phi) is 6.95. The molecule has 2 N–H and O–H groups in total. The van der Waals surface area contributed by atoms with Gasteiger partial charge in [-0.1, -0.05) is 25.1 Å². The first-order valence-electron chi connectivity index (χ1n) is 12.2. The third-order valence-electron chi connectivity index (χ3n) is 6.29. The number of urea groups is 1. The minimum absolute atomic E-state index is 0.306. The van der Waals surface area contributed by atoms with Crippen LogP contribution in [0.1, 0.15) is 19.8 Å². The Morgan fingerprint density at radius 2 is 1.71 bits per heavy atom. The van der Waals surface area contributed by atoms with Crippen LogP contribution < -0.4 is 15.4 Å². The quantitative estimate of drug-likeness (QED) is 0.338. The van der Waals surface area contributed by atoms with E-state index in [0.29, 0.717) is 17.1 Å². The summed E-state index contributed by atoms with van der Waals surface area (Å²) in [5.74, 6) is 2.25. The van der Waals surface area contributed by atoms with E-state index in [-0.39, 0.29) is 6.03 Å². The Bertz CT molecular complexity index is 1270. The Balaban J connectivity index is 1.15. The van der Waals surface area contributed by atoms with Crippen LogP contribution in [0.4, 0.5) is 16.2 Å². The van der Waals surface area contributed by atoms with Crippen LogP contribution in [0.5, 0.6) is 11.5 Å². The number of hydrogen-bond acceptors (Lipinski definition) is 4. The Labute approximate surface area is 205 Å². The average molecular weight is 470 g/mol. The number of rotatable bonds is 7. The molecule has 1 aliphatic rings. The van der Waals surface area contributed by atoms with E-state index >= 15 is 0 Å². The van der Waals surface area contributed by atoms with E-state index in [9.17, 15) is 4.79 Å². The third kappa shape index (κ3) is 6.19.